The Hall–Kier alpha value is -0.0400. The molecule has 13 heavy (non-hydrogen) atoms. The van der Waals surface area contributed by atoms with Crippen molar-refractivity contribution in [2.24, 2.45) is 5.92 Å². The normalized spacial score (nSPS) is 45.7. The predicted octanol–water partition coefficient (Wildman–Crippen LogP) is 2.80. The number of hydrogen-bond donors (Lipinski definition) is 0. The molecule has 3 saturated heterocycles. The van der Waals surface area contributed by atoms with E-state index in [4.69, 9.17) is 0 Å². The molecule has 0 aliphatic carbocycles. The molecule has 0 saturated carbocycles. The molecule has 0 N–H and O–H groups in total. The lowest BCUT2D eigenvalue weighted by atomic mass is 9.87. The molecule has 1 nitrogen and oxygen atoms in total. The summed E-state index contributed by atoms with van der Waals surface area (Å²) in [7, 11) is 0. The Morgan fingerprint density at radius 3 is 2.31 bits per heavy atom. The molecule has 3 rings (SSSR count). The molecule has 1 atom stereocenters. The van der Waals surface area contributed by atoms with E-state index in [-0.39, 0.29) is 0 Å². The second kappa shape index (κ2) is 3.27. The van der Waals surface area contributed by atoms with Gasteiger partial charge < -0.3 is 0 Å². The van der Waals surface area contributed by atoms with Crippen LogP contribution in [0.15, 0.2) is 0 Å². The summed E-state index contributed by atoms with van der Waals surface area (Å²) in [5.41, 5.74) is 0. The molecule has 3 heterocycles. The average molecular weight is 179 g/mol. The van der Waals surface area contributed by atoms with Crippen molar-refractivity contribution in [2.75, 3.05) is 6.54 Å². The highest BCUT2D eigenvalue weighted by Gasteiger charge is 2.39. The lowest BCUT2D eigenvalue weighted by Crippen LogP contribution is -2.38. The third-order valence-corrected chi connectivity index (χ3v) is 4.58. The zero-order valence-electron chi connectivity index (χ0n) is 8.54. The first-order valence-electron chi connectivity index (χ1n) is 6.21. The summed E-state index contributed by atoms with van der Waals surface area (Å²) >= 11 is 0. The summed E-state index contributed by atoms with van der Waals surface area (Å²) in [5, 5.41) is 0. The van der Waals surface area contributed by atoms with Gasteiger partial charge in [-0.25, -0.2) is 0 Å². The summed E-state index contributed by atoms with van der Waals surface area (Å²) in [6.45, 7) is 1.42. The molecular weight excluding hydrogens is 158 g/mol. The first kappa shape index (κ1) is 8.28. The lowest BCUT2D eigenvalue weighted by Gasteiger charge is -2.30. The van der Waals surface area contributed by atoms with Gasteiger partial charge in [0.25, 0.3) is 0 Å². The molecule has 1 unspecified atom stereocenters. The van der Waals surface area contributed by atoms with Crippen LogP contribution in [0.4, 0.5) is 0 Å². The van der Waals surface area contributed by atoms with Gasteiger partial charge in [-0.1, -0.05) is 12.8 Å². The minimum atomic E-state index is 0.986. The van der Waals surface area contributed by atoms with Gasteiger partial charge in [0.15, 0.2) is 0 Å². The Labute approximate surface area is 81.5 Å². The quantitative estimate of drug-likeness (QED) is 0.552. The largest absolute Gasteiger partial charge is 0.297 e. The van der Waals surface area contributed by atoms with Crippen molar-refractivity contribution in [1.82, 2.24) is 4.90 Å². The fourth-order valence-corrected chi connectivity index (χ4v) is 4.01. The van der Waals surface area contributed by atoms with Crippen molar-refractivity contribution in [1.29, 1.82) is 0 Å². The molecule has 0 aromatic heterocycles. The highest BCUT2D eigenvalue weighted by atomic mass is 15.2. The van der Waals surface area contributed by atoms with E-state index in [2.05, 4.69) is 4.90 Å². The molecule has 0 radical (unpaired) electrons. The zero-order chi connectivity index (χ0) is 8.67. The van der Waals surface area contributed by atoms with Crippen molar-refractivity contribution in [3.63, 3.8) is 0 Å². The minimum absolute atomic E-state index is 0.986. The summed E-state index contributed by atoms with van der Waals surface area (Å²) in [6, 6.07) is 2.00. The molecular formula is C12H21N. The van der Waals surface area contributed by atoms with Crippen LogP contribution in [-0.4, -0.2) is 23.5 Å². The fraction of sp³-hybridized carbons (Fsp3) is 1.00. The molecule has 0 spiro atoms. The van der Waals surface area contributed by atoms with Crippen LogP contribution < -0.4 is 0 Å². The second-order valence-corrected chi connectivity index (χ2v) is 5.22. The third-order valence-electron chi connectivity index (χ3n) is 4.58. The molecule has 1 heteroatoms. The van der Waals surface area contributed by atoms with Crippen LogP contribution in [0, 0.1) is 5.92 Å². The Kier molecular flexibility index (Phi) is 2.08. The smallest absolute Gasteiger partial charge is 0.0127 e. The summed E-state index contributed by atoms with van der Waals surface area (Å²) in [6.07, 6.45) is 12.1. The van der Waals surface area contributed by atoms with Gasteiger partial charge >= 0.3 is 0 Å². The van der Waals surface area contributed by atoms with E-state index in [0.717, 1.165) is 18.0 Å². The van der Waals surface area contributed by atoms with E-state index in [0.29, 0.717) is 0 Å². The standard InChI is InChI=1S/C12H21N/c1-4-10-5-2-7-11(6-1)13-9-3-8-12(10)13/h10-12H,1-9H2. The van der Waals surface area contributed by atoms with Gasteiger partial charge in [-0.05, 0) is 51.0 Å². The second-order valence-electron chi connectivity index (χ2n) is 5.22. The molecule has 0 aromatic rings. The Morgan fingerprint density at radius 1 is 0.769 bits per heavy atom. The molecule has 0 amide bonds. The molecule has 3 aliphatic rings. The Bertz CT molecular complexity index is 162. The topological polar surface area (TPSA) is 3.24 Å². The number of rotatable bonds is 0. The molecule has 0 aromatic carbocycles. The van der Waals surface area contributed by atoms with Crippen LogP contribution in [0.1, 0.15) is 51.4 Å². The van der Waals surface area contributed by atoms with Gasteiger partial charge in [-0.15, -0.1) is 0 Å². The first-order chi connectivity index (χ1) is 6.45. The third kappa shape index (κ3) is 1.32. The van der Waals surface area contributed by atoms with Crippen molar-refractivity contribution in [2.45, 2.75) is 63.5 Å². The van der Waals surface area contributed by atoms with E-state index < -0.39 is 0 Å². The van der Waals surface area contributed by atoms with Gasteiger partial charge in [0, 0.05) is 12.1 Å². The van der Waals surface area contributed by atoms with E-state index in [9.17, 15) is 0 Å². The molecule has 2 bridgehead atoms. The van der Waals surface area contributed by atoms with Crippen molar-refractivity contribution < 1.29 is 0 Å². The van der Waals surface area contributed by atoms with Crippen LogP contribution in [0.25, 0.3) is 0 Å². The van der Waals surface area contributed by atoms with Crippen molar-refractivity contribution in [3.05, 3.63) is 0 Å². The first-order valence-corrected chi connectivity index (χ1v) is 6.21. The van der Waals surface area contributed by atoms with Crippen molar-refractivity contribution >= 4 is 0 Å². The van der Waals surface area contributed by atoms with Crippen LogP contribution in [0.2, 0.25) is 0 Å². The molecule has 3 fully saturated rings. The van der Waals surface area contributed by atoms with E-state index >= 15 is 0 Å². The SMILES string of the molecule is C1CC2CCCC(C1)N1CCCC21. The summed E-state index contributed by atoms with van der Waals surface area (Å²) < 4.78 is 0. The van der Waals surface area contributed by atoms with E-state index in [1.165, 1.54) is 57.9 Å². The number of hydrogen-bond acceptors (Lipinski definition) is 1. The van der Waals surface area contributed by atoms with E-state index in [1.807, 2.05) is 0 Å². The van der Waals surface area contributed by atoms with Crippen LogP contribution in [0.5, 0.6) is 0 Å². The van der Waals surface area contributed by atoms with Gasteiger partial charge in [-0.2, -0.15) is 0 Å². The van der Waals surface area contributed by atoms with E-state index in [1.54, 1.807) is 0 Å². The van der Waals surface area contributed by atoms with Gasteiger partial charge in [0.2, 0.25) is 0 Å². The minimum Gasteiger partial charge on any atom is -0.297 e. The maximum Gasteiger partial charge on any atom is 0.0127 e. The summed E-state index contributed by atoms with van der Waals surface area (Å²) in [4.78, 5) is 2.88. The maximum absolute atomic E-state index is 2.88. The van der Waals surface area contributed by atoms with Gasteiger partial charge in [0.05, 0.1) is 0 Å². The molecule has 74 valence electrons. The van der Waals surface area contributed by atoms with Crippen LogP contribution in [0.3, 0.4) is 0 Å². The van der Waals surface area contributed by atoms with Crippen LogP contribution >= 0.6 is 0 Å². The predicted molar refractivity (Wildman–Crippen MR) is 54.7 cm³/mol. The van der Waals surface area contributed by atoms with Gasteiger partial charge in [-0.3, -0.25) is 4.90 Å². The average Bonchev–Trinajstić information content (AvgIpc) is 2.43. The van der Waals surface area contributed by atoms with Gasteiger partial charge in [0.1, 0.15) is 0 Å². The van der Waals surface area contributed by atoms with Crippen molar-refractivity contribution in [3.8, 4) is 0 Å². The Morgan fingerprint density at radius 2 is 1.54 bits per heavy atom. The monoisotopic (exact) mass is 179 g/mol. The lowest BCUT2D eigenvalue weighted by molar-refractivity contribution is 0.164. The fourth-order valence-electron chi connectivity index (χ4n) is 4.01. The highest BCUT2D eigenvalue weighted by Crippen LogP contribution is 2.40. The zero-order valence-corrected chi connectivity index (χ0v) is 8.54. The van der Waals surface area contributed by atoms with Crippen LogP contribution in [-0.2, 0) is 0 Å². The number of nitrogens with zero attached hydrogens (tertiary/aromatic N) is 1. The molecule has 3 aliphatic heterocycles. The summed E-state index contributed by atoms with van der Waals surface area (Å²) in [5.74, 6) is 1.08. The Balaban J connectivity index is 1.89. The maximum atomic E-state index is 2.88. The highest BCUT2D eigenvalue weighted by molar-refractivity contribution is 4.94.